The van der Waals surface area contributed by atoms with Crippen molar-refractivity contribution in [2.24, 2.45) is 0 Å². The molecule has 15 heteroatoms. The van der Waals surface area contributed by atoms with E-state index in [0.717, 1.165) is 27.8 Å². The molecule has 0 fully saturated rings. The fraction of sp³-hybridized carbons (Fsp3) is 0.148. The zero-order chi connectivity index (χ0) is 71.2. The number of esters is 2. The van der Waals surface area contributed by atoms with E-state index in [1.807, 2.05) is 273 Å². The first-order chi connectivity index (χ1) is 50.4. The number of hydrogen-bond acceptors (Lipinski definition) is 14. The summed E-state index contributed by atoms with van der Waals surface area (Å²) in [4.78, 5) is 46.5. The summed E-state index contributed by atoms with van der Waals surface area (Å²) in [5.41, 5.74) is 4.13. The molecule has 0 aliphatic heterocycles. The van der Waals surface area contributed by atoms with Crippen LogP contribution in [0.4, 0.5) is 0 Å². The number of benzene rings is 12. The van der Waals surface area contributed by atoms with E-state index in [-0.39, 0.29) is 139 Å². The molecule has 0 aliphatic carbocycles. The number of carbonyl (C=O) groups excluding carboxylic acids is 2. The van der Waals surface area contributed by atoms with Crippen molar-refractivity contribution in [2.75, 3.05) is 0 Å². The van der Waals surface area contributed by atoms with Crippen LogP contribution in [0.5, 0.6) is 57.5 Å². The summed E-state index contributed by atoms with van der Waals surface area (Å²) >= 11 is 0. The largest absolute Gasteiger partial charge is 0.485 e. The van der Waals surface area contributed by atoms with Crippen LogP contribution < -0.4 is 42.6 Å². The molecule has 0 spiro atoms. The van der Waals surface area contributed by atoms with Crippen molar-refractivity contribution in [3.8, 4) is 68.6 Å². The number of hydrogen-bond donors (Lipinski definition) is 1. The Labute approximate surface area is 598 Å². The molecular weight excluding hydrogens is 1300 g/mol. The second kappa shape index (κ2) is 34.4. The van der Waals surface area contributed by atoms with Crippen LogP contribution in [0.1, 0.15) is 102 Å². The zero-order valence-electron chi connectivity index (χ0n) is 57.2. The van der Waals surface area contributed by atoms with Crippen LogP contribution in [0.25, 0.3) is 11.1 Å². The normalized spacial score (nSPS) is 11.0. The monoisotopic (exact) mass is 1370 g/mol. The Bertz CT molecular complexity index is 4750. The van der Waals surface area contributed by atoms with E-state index in [9.17, 15) is 9.90 Å². The van der Waals surface area contributed by atoms with Gasteiger partial charge >= 0.3 is 17.9 Å². The molecule has 0 unspecified atom stereocenters. The summed E-state index contributed by atoms with van der Waals surface area (Å²) in [5.74, 6) is -4.35. The first kappa shape index (κ1) is 70.1. The highest BCUT2D eigenvalue weighted by molar-refractivity contribution is 6.08. The summed E-state index contributed by atoms with van der Waals surface area (Å²) in [7, 11) is 0. The fourth-order valence-corrected chi connectivity index (χ4v) is 11.1. The molecular formula is C88H76O15. The molecule has 0 aliphatic rings. The van der Waals surface area contributed by atoms with E-state index >= 15 is 9.59 Å². The second-order valence-electron chi connectivity index (χ2n) is 25.0. The van der Waals surface area contributed by atoms with Crippen LogP contribution in [0.3, 0.4) is 0 Å². The number of ether oxygens (including phenoxy) is 11. The maximum absolute atomic E-state index is 16.1. The van der Waals surface area contributed by atoms with Gasteiger partial charge in [-0.2, -0.15) is 0 Å². The van der Waals surface area contributed by atoms with Gasteiger partial charge in [0.2, 0.25) is 23.0 Å². The predicted octanol–water partition coefficient (Wildman–Crippen LogP) is 19.8. The molecule has 1 N–H and O–H groups in total. The molecule has 12 aromatic rings. The molecule has 12 aromatic carbocycles. The molecule has 0 bridgehead atoms. The van der Waals surface area contributed by atoms with Crippen LogP contribution in [-0.4, -0.2) is 28.6 Å². The molecule has 0 atom stereocenters. The summed E-state index contributed by atoms with van der Waals surface area (Å²) in [5, 5.41) is 12.0. The fourth-order valence-electron chi connectivity index (χ4n) is 11.1. The van der Waals surface area contributed by atoms with Gasteiger partial charge in [0.25, 0.3) is 0 Å². The predicted molar refractivity (Wildman–Crippen MR) is 392 cm³/mol. The van der Waals surface area contributed by atoms with Crippen molar-refractivity contribution < 1.29 is 71.6 Å². The van der Waals surface area contributed by atoms with Crippen molar-refractivity contribution in [3.05, 3.63) is 358 Å². The van der Waals surface area contributed by atoms with Gasteiger partial charge < -0.3 is 57.2 Å². The van der Waals surface area contributed by atoms with Gasteiger partial charge in [0, 0.05) is 23.3 Å². The van der Waals surface area contributed by atoms with Crippen LogP contribution in [0.15, 0.2) is 291 Å². The highest BCUT2D eigenvalue weighted by atomic mass is 16.6. The van der Waals surface area contributed by atoms with E-state index in [2.05, 4.69) is 0 Å². The van der Waals surface area contributed by atoms with E-state index in [0.29, 0.717) is 22.3 Å². The lowest BCUT2D eigenvalue weighted by molar-refractivity contribution is 0.00688. The van der Waals surface area contributed by atoms with Crippen molar-refractivity contribution in [2.45, 2.75) is 85.8 Å². The molecule has 0 radical (unpaired) electrons. The molecule has 0 aromatic heterocycles. The van der Waals surface area contributed by atoms with Gasteiger partial charge in [0.05, 0.1) is 11.1 Å². The van der Waals surface area contributed by atoms with Gasteiger partial charge in [-0.1, -0.05) is 273 Å². The van der Waals surface area contributed by atoms with Crippen molar-refractivity contribution >= 4 is 17.9 Å². The molecule has 518 valence electrons. The highest BCUT2D eigenvalue weighted by Crippen LogP contribution is 2.58. The molecule has 0 saturated heterocycles. The molecule has 0 saturated carbocycles. The number of rotatable bonds is 32. The molecule has 0 amide bonds. The number of carboxylic acid groups (broad SMARTS) is 1. The minimum atomic E-state index is -1.45. The average Bonchev–Trinajstić information content (AvgIpc) is 0.733. The van der Waals surface area contributed by atoms with Gasteiger partial charge in [-0.3, -0.25) is 0 Å². The molecule has 0 heterocycles. The Balaban J connectivity index is 1.18. The van der Waals surface area contributed by atoms with E-state index in [1.165, 1.54) is 18.2 Å². The third kappa shape index (κ3) is 19.0. The maximum Gasteiger partial charge on any atom is 0.342 e. The van der Waals surface area contributed by atoms with Gasteiger partial charge in [0.1, 0.15) is 70.6 Å². The average molecular weight is 1370 g/mol. The zero-order valence-corrected chi connectivity index (χ0v) is 57.2. The third-order valence-corrected chi connectivity index (χ3v) is 16.1. The maximum atomic E-state index is 16.1. The minimum Gasteiger partial charge on any atom is -0.485 e. The lowest BCUT2D eigenvalue weighted by Crippen LogP contribution is -2.24. The Morgan fingerprint density at radius 2 is 0.524 bits per heavy atom. The summed E-state index contributed by atoms with van der Waals surface area (Å²) in [6.07, 6.45) is 0. The van der Waals surface area contributed by atoms with E-state index < -0.39 is 29.1 Å². The van der Waals surface area contributed by atoms with Crippen molar-refractivity contribution in [1.29, 1.82) is 0 Å². The second-order valence-corrected chi connectivity index (χ2v) is 25.0. The van der Waals surface area contributed by atoms with E-state index in [4.69, 9.17) is 52.1 Å². The molecule has 12 rings (SSSR count). The summed E-state index contributed by atoms with van der Waals surface area (Å²) in [6, 6.07) is 88.6. The quantitative estimate of drug-likeness (QED) is 0.0394. The smallest absolute Gasteiger partial charge is 0.342 e. The Kier molecular flexibility index (Phi) is 23.4. The molecule has 15 nitrogen and oxygen atoms in total. The Morgan fingerprint density at radius 3 is 0.845 bits per heavy atom. The van der Waals surface area contributed by atoms with Gasteiger partial charge in [-0.05, 0) is 76.9 Å². The van der Waals surface area contributed by atoms with Crippen molar-refractivity contribution in [3.63, 3.8) is 0 Å². The number of aromatic carboxylic acids is 1. The van der Waals surface area contributed by atoms with Gasteiger partial charge in [-0.15, -0.1) is 0 Å². The standard InChI is InChI=1S/C88H76O15/c1-88(2,3)103-87(92)71-50-75(102-78-72(86(91)101-60-69-47-29-12-30-48-69)51-74(94-53-62-33-15-5-16-34-62)80(96-55-64-37-19-7-20-38-64)84(78)100-59-68-45-27-11-28-46-68)81(97-56-65-39-21-8-22-40-65)83(99-58-67-43-25-10-26-44-67)77(71)76-70(85(89)90)49-73(93-52-61-31-13-4-14-32-61)79(95-54-63-35-17-6-18-36-63)82(76)98-57-66-41-23-9-24-42-66/h4-51H,52-60H2,1-3H3,(H,89,90). The topological polar surface area (TPSA) is 173 Å². The highest BCUT2D eigenvalue weighted by Gasteiger charge is 2.38. The summed E-state index contributed by atoms with van der Waals surface area (Å²) in [6.45, 7) is 4.25. The summed E-state index contributed by atoms with van der Waals surface area (Å²) < 4.78 is 76.1. The van der Waals surface area contributed by atoms with Gasteiger partial charge in [0.15, 0.2) is 34.5 Å². The minimum absolute atomic E-state index is 0.00580. The molecule has 103 heavy (non-hydrogen) atoms. The van der Waals surface area contributed by atoms with Crippen LogP contribution in [0.2, 0.25) is 0 Å². The Hall–Kier alpha value is -12.8. The SMILES string of the molecule is CC(C)(C)OC(=O)c1cc(Oc2c(C(=O)OCc3ccccc3)cc(OCc3ccccc3)c(OCc3ccccc3)c2OCc2ccccc2)c(OCc2ccccc2)c(OCc2ccccc2)c1-c1c(C(=O)O)cc(OCc2ccccc2)c(OCc2ccccc2)c1OCc1ccccc1. The van der Waals surface area contributed by atoms with Crippen LogP contribution >= 0.6 is 0 Å². The Morgan fingerprint density at radius 1 is 0.272 bits per heavy atom. The van der Waals surface area contributed by atoms with Crippen LogP contribution in [-0.2, 0) is 68.9 Å². The first-order valence-electron chi connectivity index (χ1n) is 33.7. The third-order valence-electron chi connectivity index (χ3n) is 16.1. The lowest BCUT2D eigenvalue weighted by Gasteiger charge is -2.28. The lowest BCUT2D eigenvalue weighted by atomic mass is 9.91. The number of carboxylic acids is 1. The van der Waals surface area contributed by atoms with Crippen molar-refractivity contribution in [1.82, 2.24) is 0 Å². The van der Waals surface area contributed by atoms with Crippen LogP contribution in [0, 0.1) is 0 Å². The number of carbonyl (C=O) groups is 3. The van der Waals surface area contributed by atoms with Gasteiger partial charge in [-0.25, -0.2) is 14.4 Å². The first-order valence-corrected chi connectivity index (χ1v) is 33.7. The van der Waals surface area contributed by atoms with E-state index in [1.54, 1.807) is 20.8 Å².